The summed E-state index contributed by atoms with van der Waals surface area (Å²) in [7, 11) is 4.04. The van der Waals surface area contributed by atoms with E-state index in [4.69, 9.17) is 4.74 Å². The maximum Gasteiger partial charge on any atom is 0.258 e. The second kappa shape index (κ2) is 12.8. The number of aliphatic hydroxyl groups excluding tert-OH is 1. The van der Waals surface area contributed by atoms with Gasteiger partial charge in [0.15, 0.2) is 0 Å². The number of fused-ring (bicyclic) bond motifs is 2. The Morgan fingerprint density at radius 3 is 2.62 bits per heavy atom. The number of ether oxygens (including phenoxy) is 1. The van der Waals surface area contributed by atoms with E-state index in [0.717, 1.165) is 23.0 Å². The number of carbonyl (C=O) groups is 2. The molecule has 2 N–H and O–H groups in total. The van der Waals surface area contributed by atoms with Gasteiger partial charge in [0.05, 0.1) is 24.6 Å². The van der Waals surface area contributed by atoms with E-state index in [0.29, 0.717) is 30.1 Å². The van der Waals surface area contributed by atoms with Crippen LogP contribution in [0, 0.1) is 5.92 Å². The van der Waals surface area contributed by atoms with E-state index in [1.165, 1.54) is 5.56 Å². The molecule has 0 saturated heterocycles. The molecule has 0 aliphatic carbocycles. The third-order valence-corrected chi connectivity index (χ3v) is 8.07. The van der Waals surface area contributed by atoms with Crippen LogP contribution in [0.1, 0.15) is 35.3 Å². The van der Waals surface area contributed by atoms with Crippen LogP contribution < -0.4 is 10.1 Å². The Kier molecular flexibility index (Phi) is 8.94. The number of carbonyl (C=O) groups excluding carboxylic acids is 2. The van der Waals surface area contributed by atoms with Crippen molar-refractivity contribution >= 4 is 28.4 Å². The van der Waals surface area contributed by atoms with Gasteiger partial charge in [-0.15, -0.1) is 0 Å². The van der Waals surface area contributed by atoms with Crippen LogP contribution in [0.4, 0.5) is 5.69 Å². The van der Waals surface area contributed by atoms with Gasteiger partial charge >= 0.3 is 0 Å². The van der Waals surface area contributed by atoms with Crippen LogP contribution in [-0.4, -0.2) is 70.2 Å². The summed E-state index contributed by atoms with van der Waals surface area (Å²) in [6, 6.07) is 23.2. The smallest absolute Gasteiger partial charge is 0.258 e. The zero-order valence-corrected chi connectivity index (χ0v) is 24.8. The monoisotopic (exact) mass is 568 g/mol. The molecule has 0 fully saturated rings. The number of nitrogens with zero attached hydrogens (tertiary/aromatic N) is 3. The number of amides is 2. The van der Waals surface area contributed by atoms with E-state index in [9.17, 15) is 14.7 Å². The number of benzene rings is 3. The van der Waals surface area contributed by atoms with Gasteiger partial charge in [0.1, 0.15) is 11.9 Å². The van der Waals surface area contributed by atoms with Gasteiger partial charge in [-0.05, 0) is 49.4 Å². The van der Waals surface area contributed by atoms with Gasteiger partial charge in [0.25, 0.3) is 5.91 Å². The molecule has 8 heteroatoms. The summed E-state index contributed by atoms with van der Waals surface area (Å²) < 4.78 is 8.55. The van der Waals surface area contributed by atoms with Crippen molar-refractivity contribution in [3.8, 4) is 5.75 Å². The van der Waals surface area contributed by atoms with Crippen molar-refractivity contribution < 1.29 is 19.4 Å². The first-order valence-electron chi connectivity index (χ1n) is 14.5. The van der Waals surface area contributed by atoms with Gasteiger partial charge < -0.3 is 24.6 Å². The minimum absolute atomic E-state index is 0.0226. The van der Waals surface area contributed by atoms with E-state index in [1.54, 1.807) is 23.1 Å². The third kappa shape index (κ3) is 6.50. The molecule has 0 unspecified atom stereocenters. The highest BCUT2D eigenvalue weighted by molar-refractivity contribution is 6.00. The Hall–Kier alpha value is -4.14. The van der Waals surface area contributed by atoms with Crippen molar-refractivity contribution in [3.63, 3.8) is 0 Å². The average molecular weight is 569 g/mol. The Morgan fingerprint density at radius 1 is 1.12 bits per heavy atom. The Bertz CT molecular complexity index is 1550. The van der Waals surface area contributed by atoms with E-state index in [2.05, 4.69) is 36.3 Å². The van der Waals surface area contributed by atoms with Gasteiger partial charge in [0.2, 0.25) is 5.91 Å². The molecule has 4 aromatic rings. The summed E-state index contributed by atoms with van der Waals surface area (Å²) in [5.74, 6) is 0.112. The molecule has 0 bridgehead atoms. The van der Waals surface area contributed by atoms with E-state index < -0.39 is 0 Å². The third-order valence-electron chi connectivity index (χ3n) is 8.07. The number of nitrogens with one attached hydrogen (secondary N) is 1. The lowest BCUT2D eigenvalue weighted by Crippen LogP contribution is -2.49. The number of aryl methyl sites for hydroxylation is 1. The fourth-order valence-electron chi connectivity index (χ4n) is 5.73. The number of hydrogen-bond donors (Lipinski definition) is 2. The van der Waals surface area contributed by atoms with Gasteiger partial charge in [-0.2, -0.15) is 0 Å². The number of para-hydroxylation sites is 1. The Morgan fingerprint density at radius 2 is 1.86 bits per heavy atom. The maximum atomic E-state index is 13.8. The molecule has 42 heavy (non-hydrogen) atoms. The normalized spacial score (nSPS) is 17.9. The van der Waals surface area contributed by atoms with Crippen molar-refractivity contribution in [3.05, 3.63) is 95.7 Å². The first-order chi connectivity index (χ1) is 20.2. The van der Waals surface area contributed by atoms with Crippen molar-refractivity contribution in [2.24, 2.45) is 13.0 Å². The lowest BCUT2D eigenvalue weighted by atomic mass is 9.99. The molecular weight excluding hydrogens is 528 g/mol. The highest BCUT2D eigenvalue weighted by atomic mass is 16.5. The first-order valence-corrected chi connectivity index (χ1v) is 14.5. The van der Waals surface area contributed by atoms with Crippen LogP contribution in [0.25, 0.3) is 10.9 Å². The minimum atomic E-state index is -0.363. The number of aromatic nitrogens is 1. The van der Waals surface area contributed by atoms with E-state index >= 15 is 0 Å². The zero-order chi connectivity index (χ0) is 29.8. The molecule has 1 aliphatic rings. The number of rotatable bonds is 9. The molecule has 0 spiro atoms. The SMILES string of the molecule is C[C@@H]1CN([C@@H](C)CO)C(=O)c2cc(NC(=O)Cc3cn(C)c4ccccc34)ccc2O[C@@H]1CN(C)Cc1ccccc1. The van der Waals surface area contributed by atoms with Crippen LogP contribution in [0.15, 0.2) is 79.0 Å². The topological polar surface area (TPSA) is 87.0 Å². The Balaban J connectivity index is 1.37. The summed E-state index contributed by atoms with van der Waals surface area (Å²) in [6.45, 7) is 5.67. The lowest BCUT2D eigenvalue weighted by Gasteiger charge is -2.38. The van der Waals surface area contributed by atoms with Crippen LogP contribution in [0.3, 0.4) is 0 Å². The summed E-state index contributed by atoms with van der Waals surface area (Å²) >= 11 is 0. The van der Waals surface area contributed by atoms with E-state index in [1.807, 2.05) is 67.2 Å². The molecule has 2 heterocycles. The summed E-state index contributed by atoms with van der Waals surface area (Å²) in [4.78, 5) is 30.8. The average Bonchev–Trinajstić information content (AvgIpc) is 3.29. The number of hydrogen-bond acceptors (Lipinski definition) is 5. The maximum absolute atomic E-state index is 13.8. The number of anilines is 1. The molecular formula is C34H40N4O4. The predicted molar refractivity (Wildman–Crippen MR) is 166 cm³/mol. The summed E-state index contributed by atoms with van der Waals surface area (Å²) in [6.07, 6.45) is 2.00. The molecule has 3 aromatic carbocycles. The zero-order valence-electron chi connectivity index (χ0n) is 24.8. The van der Waals surface area contributed by atoms with E-state index in [-0.39, 0.29) is 42.9 Å². The van der Waals surface area contributed by atoms with Crippen molar-refractivity contribution in [1.82, 2.24) is 14.4 Å². The highest BCUT2D eigenvalue weighted by Gasteiger charge is 2.33. The molecule has 0 saturated carbocycles. The minimum Gasteiger partial charge on any atom is -0.488 e. The van der Waals surface area contributed by atoms with Crippen molar-refractivity contribution in [2.45, 2.75) is 39.0 Å². The van der Waals surface area contributed by atoms with Crippen LogP contribution >= 0.6 is 0 Å². The number of likely N-dealkylation sites (N-methyl/N-ethyl adjacent to an activating group) is 1. The molecule has 1 aromatic heterocycles. The van der Waals surface area contributed by atoms with Crippen molar-refractivity contribution in [1.29, 1.82) is 0 Å². The van der Waals surface area contributed by atoms with Gasteiger partial charge in [-0.1, -0.05) is 55.5 Å². The largest absolute Gasteiger partial charge is 0.488 e. The molecule has 0 radical (unpaired) electrons. The van der Waals surface area contributed by atoms with Gasteiger partial charge in [-0.25, -0.2) is 0 Å². The van der Waals surface area contributed by atoms with Crippen LogP contribution in [0.2, 0.25) is 0 Å². The molecule has 1 aliphatic heterocycles. The first kappa shape index (κ1) is 29.4. The molecule has 5 rings (SSSR count). The number of aliphatic hydroxyl groups is 1. The summed E-state index contributed by atoms with van der Waals surface area (Å²) in [5.41, 5.74) is 4.13. The quantitative estimate of drug-likeness (QED) is 0.305. The standard InChI is InChI=1S/C34H40N4O4/c1-23-18-38(24(2)22-39)34(41)29-17-27(35-33(40)16-26-20-37(4)30-13-9-8-12-28(26)30)14-15-31(29)42-32(23)21-36(3)19-25-10-6-5-7-11-25/h5-15,17,20,23-24,32,39H,16,18-19,21-22H2,1-4H3,(H,35,40)/t23-,24+,32-/m1/s1. The van der Waals surface area contributed by atoms with Crippen LogP contribution in [0.5, 0.6) is 5.75 Å². The highest BCUT2D eigenvalue weighted by Crippen LogP contribution is 2.31. The summed E-state index contributed by atoms with van der Waals surface area (Å²) in [5, 5.41) is 14.0. The predicted octanol–water partition coefficient (Wildman–Crippen LogP) is 4.71. The molecule has 220 valence electrons. The fourth-order valence-corrected chi connectivity index (χ4v) is 5.73. The molecule has 8 nitrogen and oxygen atoms in total. The van der Waals surface area contributed by atoms with Gasteiger partial charge in [-0.3, -0.25) is 14.5 Å². The second-order valence-corrected chi connectivity index (χ2v) is 11.5. The molecule has 3 atom stereocenters. The lowest BCUT2D eigenvalue weighted by molar-refractivity contribution is -0.115. The molecule has 2 amide bonds. The van der Waals surface area contributed by atoms with Gasteiger partial charge in [0, 0.05) is 55.4 Å². The fraction of sp³-hybridized carbons (Fsp3) is 0.353. The Labute approximate surface area is 247 Å². The van der Waals surface area contributed by atoms with Crippen molar-refractivity contribution in [2.75, 3.05) is 32.1 Å². The second-order valence-electron chi connectivity index (χ2n) is 11.5. The van der Waals surface area contributed by atoms with Crippen LogP contribution in [-0.2, 0) is 24.8 Å².